The van der Waals surface area contributed by atoms with Crippen LogP contribution in [0.4, 0.5) is 16.2 Å². The van der Waals surface area contributed by atoms with E-state index in [-0.39, 0.29) is 17.9 Å². The summed E-state index contributed by atoms with van der Waals surface area (Å²) in [5, 5.41) is 5.91. The smallest absolute Gasteiger partial charge is 0.321 e. The molecule has 0 aliphatic carbocycles. The number of rotatable bonds is 3. The van der Waals surface area contributed by atoms with E-state index >= 15 is 0 Å². The maximum Gasteiger partial charge on any atom is 0.321 e. The fraction of sp³-hybridized carbons (Fsp3) is 0.333. The number of carbonyl (C=O) groups excluding carboxylic acids is 2. The van der Waals surface area contributed by atoms with Gasteiger partial charge in [0.05, 0.1) is 0 Å². The third kappa shape index (κ3) is 4.63. The molecule has 2 aromatic rings. The van der Waals surface area contributed by atoms with Crippen LogP contribution in [0.5, 0.6) is 0 Å². The van der Waals surface area contributed by atoms with Gasteiger partial charge in [0.2, 0.25) is 5.91 Å². The monoisotopic (exact) mass is 351 g/mol. The van der Waals surface area contributed by atoms with Crippen LogP contribution in [0.3, 0.4) is 0 Å². The van der Waals surface area contributed by atoms with Crippen molar-refractivity contribution in [2.24, 2.45) is 5.92 Å². The van der Waals surface area contributed by atoms with Gasteiger partial charge in [-0.1, -0.05) is 24.3 Å². The predicted molar refractivity (Wildman–Crippen MR) is 104 cm³/mol. The molecule has 0 spiro atoms. The summed E-state index contributed by atoms with van der Waals surface area (Å²) in [6.07, 6.45) is 1.36. The molecule has 0 radical (unpaired) electrons. The van der Waals surface area contributed by atoms with Crippen molar-refractivity contribution in [1.82, 2.24) is 4.90 Å². The predicted octanol–water partition coefficient (Wildman–Crippen LogP) is 4.19. The Bertz CT molecular complexity index is 728. The molecular weight excluding hydrogens is 326 g/mol. The Hall–Kier alpha value is -2.82. The van der Waals surface area contributed by atoms with Crippen molar-refractivity contribution in [2.75, 3.05) is 23.7 Å². The highest BCUT2D eigenvalue weighted by Gasteiger charge is 2.27. The average molecular weight is 351 g/mol. The van der Waals surface area contributed by atoms with Gasteiger partial charge in [0.15, 0.2) is 0 Å². The zero-order chi connectivity index (χ0) is 18.5. The van der Waals surface area contributed by atoms with E-state index < -0.39 is 0 Å². The molecule has 0 aromatic heterocycles. The number of aryl methyl sites for hydroxylation is 2. The molecule has 2 N–H and O–H groups in total. The number of carbonyl (C=O) groups is 2. The lowest BCUT2D eigenvalue weighted by Gasteiger charge is -2.31. The van der Waals surface area contributed by atoms with Crippen molar-refractivity contribution >= 4 is 23.3 Å². The molecule has 0 bridgehead atoms. The highest BCUT2D eigenvalue weighted by atomic mass is 16.2. The number of hydrogen-bond acceptors (Lipinski definition) is 2. The van der Waals surface area contributed by atoms with Gasteiger partial charge in [0.25, 0.3) is 0 Å². The molecule has 1 heterocycles. The van der Waals surface area contributed by atoms with Gasteiger partial charge in [-0.2, -0.15) is 0 Å². The minimum atomic E-state index is -0.104. The fourth-order valence-corrected chi connectivity index (χ4v) is 3.24. The van der Waals surface area contributed by atoms with Crippen LogP contribution in [0, 0.1) is 19.8 Å². The third-order valence-electron chi connectivity index (χ3n) is 4.71. The Morgan fingerprint density at radius 1 is 0.885 bits per heavy atom. The number of amides is 3. The maximum absolute atomic E-state index is 12.5. The lowest BCUT2D eigenvalue weighted by molar-refractivity contribution is -0.121. The third-order valence-corrected chi connectivity index (χ3v) is 4.71. The van der Waals surface area contributed by atoms with Gasteiger partial charge >= 0.3 is 6.03 Å². The quantitative estimate of drug-likeness (QED) is 0.871. The summed E-state index contributed by atoms with van der Waals surface area (Å²) in [6.45, 7) is 5.17. The average Bonchev–Trinajstić information content (AvgIpc) is 2.62. The van der Waals surface area contributed by atoms with Gasteiger partial charge in [0, 0.05) is 30.4 Å². The Balaban J connectivity index is 1.50. The maximum atomic E-state index is 12.5. The molecule has 0 atom stereocenters. The SMILES string of the molecule is Cc1cccc(NC(=O)C2CCN(C(=O)Nc3cccc(C)c3)CC2)c1. The lowest BCUT2D eigenvalue weighted by Crippen LogP contribution is -2.43. The number of nitrogens with one attached hydrogen (secondary N) is 2. The molecule has 1 aliphatic heterocycles. The number of benzene rings is 2. The van der Waals surface area contributed by atoms with E-state index in [0.29, 0.717) is 25.9 Å². The van der Waals surface area contributed by atoms with Crippen molar-refractivity contribution < 1.29 is 9.59 Å². The molecular formula is C21H25N3O2. The highest BCUT2D eigenvalue weighted by Crippen LogP contribution is 2.21. The van der Waals surface area contributed by atoms with Crippen molar-refractivity contribution in [1.29, 1.82) is 0 Å². The molecule has 26 heavy (non-hydrogen) atoms. The van der Waals surface area contributed by atoms with Crippen LogP contribution in [-0.4, -0.2) is 29.9 Å². The Kier molecular flexibility index (Phi) is 5.56. The summed E-state index contributed by atoms with van der Waals surface area (Å²) in [5.41, 5.74) is 3.85. The molecule has 1 aliphatic rings. The number of anilines is 2. The normalized spacial score (nSPS) is 14.8. The molecule has 1 fully saturated rings. The molecule has 0 unspecified atom stereocenters. The van der Waals surface area contributed by atoms with Gasteiger partial charge in [-0.25, -0.2) is 4.79 Å². The second kappa shape index (κ2) is 8.04. The molecule has 2 aromatic carbocycles. The summed E-state index contributed by atoms with van der Waals surface area (Å²) < 4.78 is 0. The minimum absolute atomic E-state index is 0.0364. The summed E-state index contributed by atoms with van der Waals surface area (Å²) in [5.74, 6) is -0.0205. The Morgan fingerprint density at radius 3 is 1.96 bits per heavy atom. The van der Waals surface area contributed by atoms with Gasteiger partial charge in [-0.05, 0) is 62.1 Å². The Morgan fingerprint density at radius 2 is 1.42 bits per heavy atom. The van der Waals surface area contributed by atoms with E-state index in [1.54, 1.807) is 4.90 Å². The second-order valence-electron chi connectivity index (χ2n) is 6.92. The van der Waals surface area contributed by atoms with Crippen molar-refractivity contribution in [2.45, 2.75) is 26.7 Å². The molecule has 1 saturated heterocycles. The van der Waals surface area contributed by atoms with Gasteiger partial charge in [-0.15, -0.1) is 0 Å². The molecule has 5 heteroatoms. The van der Waals surface area contributed by atoms with Crippen molar-refractivity contribution in [3.05, 3.63) is 59.7 Å². The van der Waals surface area contributed by atoms with E-state index in [0.717, 1.165) is 22.5 Å². The molecule has 3 amide bonds. The van der Waals surface area contributed by atoms with Crippen LogP contribution >= 0.6 is 0 Å². The van der Waals surface area contributed by atoms with Crippen molar-refractivity contribution in [3.63, 3.8) is 0 Å². The summed E-state index contributed by atoms with van der Waals surface area (Å²) in [4.78, 5) is 26.6. The summed E-state index contributed by atoms with van der Waals surface area (Å²) in [6, 6.07) is 15.4. The van der Waals surface area contributed by atoms with Crippen LogP contribution < -0.4 is 10.6 Å². The van der Waals surface area contributed by atoms with Crippen LogP contribution in [0.1, 0.15) is 24.0 Å². The van der Waals surface area contributed by atoms with Gasteiger partial charge in [-0.3, -0.25) is 4.79 Å². The van der Waals surface area contributed by atoms with E-state index in [9.17, 15) is 9.59 Å². The van der Waals surface area contributed by atoms with E-state index in [4.69, 9.17) is 0 Å². The van der Waals surface area contributed by atoms with Crippen LogP contribution in [-0.2, 0) is 4.79 Å². The zero-order valence-corrected chi connectivity index (χ0v) is 15.3. The van der Waals surface area contributed by atoms with Gasteiger partial charge < -0.3 is 15.5 Å². The topological polar surface area (TPSA) is 61.4 Å². The second-order valence-corrected chi connectivity index (χ2v) is 6.92. The first kappa shape index (κ1) is 18.0. The fourth-order valence-electron chi connectivity index (χ4n) is 3.24. The van der Waals surface area contributed by atoms with E-state index in [2.05, 4.69) is 10.6 Å². The molecule has 5 nitrogen and oxygen atoms in total. The standard InChI is InChI=1S/C21H25N3O2/c1-15-5-3-7-18(13-15)22-20(25)17-9-11-24(12-10-17)21(26)23-19-8-4-6-16(2)14-19/h3-8,13-14,17H,9-12H2,1-2H3,(H,22,25)(H,23,26). The molecule has 136 valence electrons. The largest absolute Gasteiger partial charge is 0.326 e. The molecule has 3 rings (SSSR count). The lowest BCUT2D eigenvalue weighted by atomic mass is 9.96. The van der Waals surface area contributed by atoms with Crippen LogP contribution in [0.2, 0.25) is 0 Å². The van der Waals surface area contributed by atoms with Crippen molar-refractivity contribution in [3.8, 4) is 0 Å². The van der Waals surface area contributed by atoms with Crippen LogP contribution in [0.25, 0.3) is 0 Å². The van der Waals surface area contributed by atoms with Crippen LogP contribution in [0.15, 0.2) is 48.5 Å². The first-order valence-corrected chi connectivity index (χ1v) is 9.01. The number of likely N-dealkylation sites (tertiary alicyclic amines) is 1. The first-order valence-electron chi connectivity index (χ1n) is 9.01. The number of nitrogens with zero attached hydrogens (tertiary/aromatic N) is 1. The highest BCUT2D eigenvalue weighted by molar-refractivity contribution is 5.93. The molecule has 0 saturated carbocycles. The Labute approximate surface area is 154 Å². The van der Waals surface area contributed by atoms with E-state index in [1.165, 1.54) is 0 Å². The van der Waals surface area contributed by atoms with E-state index in [1.807, 2.05) is 62.4 Å². The number of hydrogen-bond donors (Lipinski definition) is 2. The number of piperidine rings is 1. The zero-order valence-electron chi connectivity index (χ0n) is 15.3. The minimum Gasteiger partial charge on any atom is -0.326 e. The summed E-state index contributed by atoms with van der Waals surface area (Å²) >= 11 is 0. The summed E-state index contributed by atoms with van der Waals surface area (Å²) in [7, 11) is 0. The first-order chi connectivity index (χ1) is 12.5. The van der Waals surface area contributed by atoms with Gasteiger partial charge in [0.1, 0.15) is 0 Å². The number of urea groups is 1.